The topological polar surface area (TPSA) is 55.6 Å². The zero-order chi connectivity index (χ0) is 14.7. The first-order valence-corrected chi connectivity index (χ1v) is 7.79. The third kappa shape index (κ3) is 3.47. The summed E-state index contributed by atoms with van der Waals surface area (Å²) in [5.41, 5.74) is 2.27. The maximum atomic E-state index is 3.94. The van der Waals surface area contributed by atoms with Gasteiger partial charge in [-0.05, 0) is 66.3 Å². The highest BCUT2D eigenvalue weighted by atomic mass is 15.5. The van der Waals surface area contributed by atoms with Gasteiger partial charge >= 0.3 is 0 Å². The summed E-state index contributed by atoms with van der Waals surface area (Å²) < 4.78 is 1.69. The summed E-state index contributed by atoms with van der Waals surface area (Å²) >= 11 is 0. The Hall–Kier alpha value is -1.75. The van der Waals surface area contributed by atoms with Gasteiger partial charge < -0.3 is 5.32 Å². The van der Waals surface area contributed by atoms with E-state index in [0.717, 1.165) is 24.1 Å². The number of nitrogens with zero attached hydrogens (tertiary/aromatic N) is 4. The predicted molar refractivity (Wildman–Crippen MR) is 82.1 cm³/mol. The van der Waals surface area contributed by atoms with Crippen molar-refractivity contribution in [2.45, 2.75) is 39.2 Å². The van der Waals surface area contributed by atoms with Gasteiger partial charge in [-0.2, -0.15) is 0 Å². The van der Waals surface area contributed by atoms with E-state index in [1.807, 2.05) is 6.07 Å². The van der Waals surface area contributed by atoms with Gasteiger partial charge in [0.2, 0.25) is 0 Å². The van der Waals surface area contributed by atoms with E-state index in [0.29, 0.717) is 6.04 Å². The van der Waals surface area contributed by atoms with Crippen LogP contribution in [-0.2, 0) is 0 Å². The molecule has 0 spiro atoms. The van der Waals surface area contributed by atoms with Crippen molar-refractivity contribution in [3.05, 3.63) is 36.2 Å². The molecule has 1 heterocycles. The normalized spacial score (nSPS) is 23.3. The summed E-state index contributed by atoms with van der Waals surface area (Å²) in [6.07, 6.45) is 5.74. The molecular formula is C16H23N5. The Kier molecular flexibility index (Phi) is 4.29. The first kappa shape index (κ1) is 14.2. The van der Waals surface area contributed by atoms with Crippen molar-refractivity contribution in [1.29, 1.82) is 0 Å². The van der Waals surface area contributed by atoms with Crippen LogP contribution in [-0.4, -0.2) is 26.8 Å². The second-order valence-electron chi connectivity index (χ2n) is 6.26. The Morgan fingerprint density at radius 3 is 3.00 bits per heavy atom. The van der Waals surface area contributed by atoms with Gasteiger partial charge in [-0.25, -0.2) is 4.68 Å². The van der Waals surface area contributed by atoms with Crippen LogP contribution in [0.25, 0.3) is 5.69 Å². The monoisotopic (exact) mass is 285 g/mol. The number of tetrazole rings is 1. The molecule has 1 saturated carbocycles. The fourth-order valence-electron chi connectivity index (χ4n) is 3.19. The molecule has 2 aromatic rings. The average Bonchev–Trinajstić information content (AvgIpc) is 3.16. The van der Waals surface area contributed by atoms with E-state index in [-0.39, 0.29) is 0 Å². The summed E-state index contributed by atoms with van der Waals surface area (Å²) in [5.74, 6) is 1.74. The van der Waals surface area contributed by atoms with Gasteiger partial charge in [-0.1, -0.05) is 25.5 Å². The lowest BCUT2D eigenvalue weighted by Gasteiger charge is -2.18. The van der Waals surface area contributed by atoms with E-state index >= 15 is 0 Å². The molecule has 1 aromatic heterocycles. The van der Waals surface area contributed by atoms with Crippen LogP contribution in [0.15, 0.2) is 30.6 Å². The van der Waals surface area contributed by atoms with Crippen LogP contribution < -0.4 is 5.32 Å². The molecule has 3 atom stereocenters. The van der Waals surface area contributed by atoms with Crippen molar-refractivity contribution >= 4 is 0 Å². The maximum Gasteiger partial charge on any atom is 0.143 e. The number of benzene rings is 1. The zero-order valence-corrected chi connectivity index (χ0v) is 12.7. The summed E-state index contributed by atoms with van der Waals surface area (Å²) in [4.78, 5) is 0. The fourth-order valence-corrected chi connectivity index (χ4v) is 3.19. The highest BCUT2D eigenvalue weighted by molar-refractivity contribution is 5.35. The average molecular weight is 285 g/mol. The Balaban J connectivity index is 1.62. The zero-order valence-electron chi connectivity index (χ0n) is 12.7. The van der Waals surface area contributed by atoms with E-state index in [1.54, 1.807) is 11.0 Å². The van der Waals surface area contributed by atoms with E-state index in [9.17, 15) is 0 Å². The van der Waals surface area contributed by atoms with Crippen LogP contribution >= 0.6 is 0 Å². The summed E-state index contributed by atoms with van der Waals surface area (Å²) in [7, 11) is 0. The highest BCUT2D eigenvalue weighted by Crippen LogP contribution is 2.30. The molecule has 0 aliphatic heterocycles. The van der Waals surface area contributed by atoms with E-state index in [4.69, 9.17) is 0 Å². The SMILES string of the molecule is CC1CCC(CNC(C)c2cccc(-n3cnnn3)c2)C1. The second kappa shape index (κ2) is 6.35. The predicted octanol–water partition coefficient (Wildman–Crippen LogP) is 2.75. The Bertz CT molecular complexity index is 566. The van der Waals surface area contributed by atoms with Crippen LogP contribution in [0.4, 0.5) is 0 Å². The maximum absolute atomic E-state index is 3.94. The molecule has 5 nitrogen and oxygen atoms in total. The molecule has 5 heteroatoms. The second-order valence-corrected chi connectivity index (χ2v) is 6.26. The Morgan fingerprint density at radius 1 is 1.38 bits per heavy atom. The first-order valence-electron chi connectivity index (χ1n) is 7.79. The van der Waals surface area contributed by atoms with Crippen LogP contribution in [0.1, 0.15) is 44.7 Å². The molecular weight excluding hydrogens is 262 g/mol. The summed E-state index contributed by atoms with van der Waals surface area (Å²) in [6.45, 7) is 5.69. The third-order valence-electron chi connectivity index (χ3n) is 4.50. The number of nitrogens with one attached hydrogen (secondary N) is 1. The van der Waals surface area contributed by atoms with Gasteiger partial charge in [0.25, 0.3) is 0 Å². The summed E-state index contributed by atoms with van der Waals surface area (Å²) in [5, 5.41) is 15.0. The van der Waals surface area contributed by atoms with Crippen molar-refractivity contribution in [2.24, 2.45) is 11.8 Å². The number of hydrogen-bond acceptors (Lipinski definition) is 4. The van der Waals surface area contributed by atoms with Gasteiger partial charge in [0.15, 0.2) is 0 Å². The largest absolute Gasteiger partial charge is 0.310 e. The molecule has 1 fully saturated rings. The lowest BCUT2D eigenvalue weighted by molar-refractivity contribution is 0.440. The molecule has 0 amide bonds. The smallest absolute Gasteiger partial charge is 0.143 e. The minimum Gasteiger partial charge on any atom is -0.310 e. The van der Waals surface area contributed by atoms with Crippen LogP contribution in [0.3, 0.4) is 0 Å². The molecule has 0 bridgehead atoms. The highest BCUT2D eigenvalue weighted by Gasteiger charge is 2.21. The van der Waals surface area contributed by atoms with Crippen molar-refractivity contribution < 1.29 is 0 Å². The van der Waals surface area contributed by atoms with Gasteiger partial charge in [-0.3, -0.25) is 0 Å². The number of aromatic nitrogens is 4. The van der Waals surface area contributed by atoms with E-state index in [2.05, 4.69) is 52.9 Å². The van der Waals surface area contributed by atoms with Gasteiger partial charge in [0.05, 0.1) is 5.69 Å². The minimum atomic E-state index is 0.345. The number of hydrogen-bond donors (Lipinski definition) is 1. The molecule has 3 unspecified atom stereocenters. The molecule has 1 aliphatic rings. The fraction of sp³-hybridized carbons (Fsp3) is 0.562. The van der Waals surface area contributed by atoms with Crippen molar-refractivity contribution in [3.8, 4) is 5.69 Å². The molecule has 112 valence electrons. The Morgan fingerprint density at radius 2 is 2.29 bits per heavy atom. The lowest BCUT2D eigenvalue weighted by Crippen LogP contribution is -2.24. The van der Waals surface area contributed by atoms with E-state index in [1.165, 1.54) is 24.8 Å². The van der Waals surface area contributed by atoms with Crippen molar-refractivity contribution in [3.63, 3.8) is 0 Å². The number of rotatable bonds is 5. The van der Waals surface area contributed by atoms with Crippen LogP contribution in [0.2, 0.25) is 0 Å². The van der Waals surface area contributed by atoms with Gasteiger partial charge in [0, 0.05) is 6.04 Å². The molecule has 21 heavy (non-hydrogen) atoms. The molecule has 1 N–H and O–H groups in total. The molecule has 3 rings (SSSR count). The first-order chi connectivity index (χ1) is 10.2. The summed E-state index contributed by atoms with van der Waals surface area (Å²) in [6, 6.07) is 8.72. The standard InChI is InChI=1S/C16H23N5/c1-12-6-7-14(8-12)10-17-13(2)15-4-3-5-16(9-15)21-11-18-19-20-21/h3-5,9,11-14,17H,6-8,10H2,1-2H3. The van der Waals surface area contributed by atoms with Gasteiger partial charge in [-0.15, -0.1) is 5.10 Å². The molecule has 1 aromatic carbocycles. The van der Waals surface area contributed by atoms with Crippen molar-refractivity contribution in [2.75, 3.05) is 6.54 Å². The molecule has 1 aliphatic carbocycles. The molecule has 0 radical (unpaired) electrons. The quantitative estimate of drug-likeness (QED) is 0.917. The van der Waals surface area contributed by atoms with Crippen LogP contribution in [0, 0.1) is 11.8 Å². The Labute approximate surface area is 125 Å². The van der Waals surface area contributed by atoms with E-state index < -0.39 is 0 Å². The molecule has 0 saturated heterocycles. The minimum absolute atomic E-state index is 0.345. The third-order valence-corrected chi connectivity index (χ3v) is 4.50. The van der Waals surface area contributed by atoms with Crippen molar-refractivity contribution in [1.82, 2.24) is 25.5 Å². The lowest BCUT2D eigenvalue weighted by atomic mass is 10.0. The van der Waals surface area contributed by atoms with Gasteiger partial charge in [0.1, 0.15) is 6.33 Å². The van der Waals surface area contributed by atoms with Crippen LogP contribution in [0.5, 0.6) is 0 Å².